The van der Waals surface area contributed by atoms with Gasteiger partial charge in [-0.15, -0.1) is 0 Å². The molecule has 0 bridgehead atoms. The number of nitro groups is 1. The Hall–Kier alpha value is -1.46. The van der Waals surface area contributed by atoms with E-state index < -0.39 is 11.8 Å². The van der Waals surface area contributed by atoms with Crippen LogP contribution in [0.4, 0.5) is 0 Å². The lowest BCUT2D eigenvalue weighted by Gasteiger charge is -2.49. The van der Waals surface area contributed by atoms with Gasteiger partial charge in [-0.2, -0.15) is 0 Å². The third-order valence-corrected chi connectivity index (χ3v) is 5.00. The molecule has 2 fully saturated rings. The van der Waals surface area contributed by atoms with Crippen LogP contribution in [0.3, 0.4) is 0 Å². The van der Waals surface area contributed by atoms with Gasteiger partial charge in [-0.25, -0.2) is 0 Å². The molecule has 4 atom stereocenters. The van der Waals surface area contributed by atoms with Crippen molar-refractivity contribution in [1.29, 1.82) is 0 Å². The molecule has 1 saturated heterocycles. The molecule has 1 aromatic rings. The average Bonchev–Trinajstić information content (AvgIpc) is 2.54. The maximum absolute atomic E-state index is 11.5. The van der Waals surface area contributed by atoms with Crippen LogP contribution in [0.15, 0.2) is 30.3 Å². The molecule has 0 unspecified atom stereocenters. The van der Waals surface area contributed by atoms with Crippen molar-refractivity contribution in [2.75, 3.05) is 13.7 Å². The second kappa shape index (κ2) is 5.73. The van der Waals surface area contributed by atoms with Gasteiger partial charge in [-0.1, -0.05) is 36.8 Å². The van der Waals surface area contributed by atoms with Gasteiger partial charge in [0.1, 0.15) is 6.61 Å². The Morgan fingerprint density at radius 1 is 1.33 bits per heavy atom. The van der Waals surface area contributed by atoms with E-state index in [4.69, 9.17) is 9.47 Å². The van der Waals surface area contributed by atoms with E-state index in [-0.39, 0.29) is 23.4 Å². The van der Waals surface area contributed by atoms with Gasteiger partial charge in [0, 0.05) is 24.4 Å². The number of rotatable bonds is 3. The van der Waals surface area contributed by atoms with Gasteiger partial charge in [0.25, 0.3) is 0 Å². The zero-order chi connectivity index (χ0) is 14.9. The Morgan fingerprint density at radius 2 is 2.10 bits per heavy atom. The summed E-state index contributed by atoms with van der Waals surface area (Å²) in [5.74, 6) is -0.747. The smallest absolute Gasteiger partial charge is 0.243 e. The quantitative estimate of drug-likeness (QED) is 0.634. The highest BCUT2D eigenvalue weighted by Gasteiger charge is 2.56. The van der Waals surface area contributed by atoms with Gasteiger partial charge in [0.2, 0.25) is 6.04 Å². The molecule has 0 amide bonds. The second-order valence-corrected chi connectivity index (χ2v) is 5.97. The van der Waals surface area contributed by atoms with Gasteiger partial charge >= 0.3 is 0 Å². The molecule has 1 aromatic carbocycles. The van der Waals surface area contributed by atoms with E-state index in [0.29, 0.717) is 0 Å². The third-order valence-electron chi connectivity index (χ3n) is 5.00. The van der Waals surface area contributed by atoms with Gasteiger partial charge in [-0.05, 0) is 18.4 Å². The van der Waals surface area contributed by atoms with E-state index in [2.05, 4.69) is 0 Å². The number of hydrogen-bond donors (Lipinski definition) is 0. The third kappa shape index (κ3) is 2.45. The number of hydrogen-bond acceptors (Lipinski definition) is 4. The average molecular weight is 291 g/mol. The highest BCUT2D eigenvalue weighted by atomic mass is 16.7. The minimum Gasteiger partial charge on any atom is -0.353 e. The van der Waals surface area contributed by atoms with Crippen molar-refractivity contribution in [2.24, 2.45) is 5.92 Å². The molecule has 3 rings (SSSR count). The fourth-order valence-corrected chi connectivity index (χ4v) is 4.01. The normalized spacial score (nSPS) is 36.0. The summed E-state index contributed by atoms with van der Waals surface area (Å²) < 4.78 is 11.6. The molecule has 5 heteroatoms. The van der Waals surface area contributed by atoms with E-state index in [1.807, 2.05) is 30.3 Å². The standard InChI is InChI=1S/C16H21NO4/c1-20-16-10-6-5-9-13(16)15(12-7-3-2-4-8-12)14(11-21-16)17(18)19/h2-4,7-8,13-15H,5-6,9-11H2,1H3/t13-,14-,15-,16+/m1/s1. The van der Waals surface area contributed by atoms with Crippen LogP contribution in [0.1, 0.15) is 37.2 Å². The second-order valence-electron chi connectivity index (χ2n) is 5.97. The van der Waals surface area contributed by atoms with Crippen LogP contribution in [0, 0.1) is 16.0 Å². The monoisotopic (exact) mass is 291 g/mol. The summed E-state index contributed by atoms with van der Waals surface area (Å²) in [6, 6.07) is 9.11. The topological polar surface area (TPSA) is 61.6 Å². The Balaban J connectivity index is 2.02. The van der Waals surface area contributed by atoms with Gasteiger partial charge in [0.15, 0.2) is 5.79 Å². The SMILES string of the molecule is CO[C@]12CCCC[C@@H]1[C@@H](c1ccccc1)[C@H]([N+](=O)[O-])CO2. The van der Waals surface area contributed by atoms with Crippen LogP contribution < -0.4 is 0 Å². The minimum absolute atomic E-state index is 0.0443. The molecule has 1 aliphatic heterocycles. The first kappa shape index (κ1) is 14.5. The fourth-order valence-electron chi connectivity index (χ4n) is 4.01. The van der Waals surface area contributed by atoms with Crippen LogP contribution in [0.25, 0.3) is 0 Å². The van der Waals surface area contributed by atoms with Crippen molar-refractivity contribution < 1.29 is 14.4 Å². The van der Waals surface area contributed by atoms with E-state index >= 15 is 0 Å². The molecule has 1 aliphatic carbocycles. The van der Waals surface area contributed by atoms with Crippen LogP contribution in [0.5, 0.6) is 0 Å². The number of benzene rings is 1. The summed E-state index contributed by atoms with van der Waals surface area (Å²) in [4.78, 5) is 11.3. The van der Waals surface area contributed by atoms with E-state index in [1.165, 1.54) is 0 Å². The first-order valence-corrected chi connectivity index (χ1v) is 7.55. The van der Waals surface area contributed by atoms with Gasteiger partial charge in [-0.3, -0.25) is 10.1 Å². The largest absolute Gasteiger partial charge is 0.353 e. The Kier molecular flexibility index (Phi) is 3.95. The lowest BCUT2D eigenvalue weighted by Crippen LogP contribution is -2.57. The first-order valence-electron chi connectivity index (χ1n) is 7.55. The molecule has 0 N–H and O–H groups in total. The molecule has 0 radical (unpaired) electrons. The van der Waals surface area contributed by atoms with Crippen LogP contribution in [-0.4, -0.2) is 30.5 Å². The summed E-state index contributed by atoms with van der Waals surface area (Å²) >= 11 is 0. The zero-order valence-corrected chi connectivity index (χ0v) is 12.2. The highest BCUT2D eigenvalue weighted by Crippen LogP contribution is 2.50. The van der Waals surface area contributed by atoms with Crippen molar-refractivity contribution in [1.82, 2.24) is 0 Å². The lowest BCUT2D eigenvalue weighted by atomic mass is 9.68. The number of fused-ring (bicyclic) bond motifs is 1. The van der Waals surface area contributed by atoms with Gasteiger partial charge in [0.05, 0.1) is 5.92 Å². The predicted octanol–water partition coefficient (Wildman–Crippen LogP) is 2.98. The molecule has 21 heavy (non-hydrogen) atoms. The van der Waals surface area contributed by atoms with Crippen LogP contribution >= 0.6 is 0 Å². The van der Waals surface area contributed by atoms with Crippen LogP contribution in [-0.2, 0) is 9.47 Å². The maximum atomic E-state index is 11.5. The number of nitrogens with zero attached hydrogens (tertiary/aromatic N) is 1. The minimum atomic E-state index is -0.696. The molecular weight excluding hydrogens is 270 g/mol. The molecule has 0 aromatic heterocycles. The van der Waals surface area contributed by atoms with Crippen molar-refractivity contribution >= 4 is 0 Å². The molecule has 2 aliphatic rings. The molecule has 1 saturated carbocycles. The zero-order valence-electron chi connectivity index (χ0n) is 12.2. The molecular formula is C16H21NO4. The molecule has 5 nitrogen and oxygen atoms in total. The summed E-state index contributed by atoms with van der Waals surface area (Å²) in [5.41, 5.74) is 1.02. The van der Waals surface area contributed by atoms with Crippen LogP contribution in [0.2, 0.25) is 0 Å². The van der Waals surface area contributed by atoms with Gasteiger partial charge < -0.3 is 9.47 Å². The first-order chi connectivity index (χ1) is 10.2. The Bertz CT molecular complexity index is 506. The van der Waals surface area contributed by atoms with E-state index in [0.717, 1.165) is 31.2 Å². The summed E-state index contributed by atoms with van der Waals surface area (Å²) in [5, 5.41) is 11.5. The van der Waals surface area contributed by atoms with E-state index in [9.17, 15) is 10.1 Å². The fraction of sp³-hybridized carbons (Fsp3) is 0.625. The summed E-state index contributed by atoms with van der Waals surface area (Å²) in [7, 11) is 1.66. The molecule has 1 heterocycles. The highest BCUT2D eigenvalue weighted by molar-refractivity contribution is 5.24. The van der Waals surface area contributed by atoms with Crippen molar-refractivity contribution in [3.05, 3.63) is 46.0 Å². The predicted molar refractivity (Wildman–Crippen MR) is 77.6 cm³/mol. The Labute approximate surface area is 124 Å². The Morgan fingerprint density at radius 3 is 2.76 bits per heavy atom. The molecule has 114 valence electrons. The lowest BCUT2D eigenvalue weighted by molar-refractivity contribution is -0.548. The summed E-state index contributed by atoms with van der Waals surface area (Å²) in [6.07, 6.45) is 3.86. The van der Waals surface area contributed by atoms with Crippen molar-refractivity contribution in [2.45, 2.75) is 43.4 Å². The van der Waals surface area contributed by atoms with E-state index in [1.54, 1.807) is 7.11 Å². The summed E-state index contributed by atoms with van der Waals surface area (Å²) in [6.45, 7) is 0.122. The maximum Gasteiger partial charge on any atom is 0.243 e. The number of ether oxygens (including phenoxy) is 2. The number of methoxy groups -OCH3 is 1. The van der Waals surface area contributed by atoms with Crippen molar-refractivity contribution in [3.63, 3.8) is 0 Å². The molecule has 0 spiro atoms. The van der Waals surface area contributed by atoms with Crippen molar-refractivity contribution in [3.8, 4) is 0 Å².